The third kappa shape index (κ3) is 3.27. The third-order valence-electron chi connectivity index (χ3n) is 3.70. The van der Waals surface area contributed by atoms with Crippen LogP contribution in [0.5, 0.6) is 11.5 Å². The zero-order chi connectivity index (χ0) is 18.8. The highest BCUT2D eigenvalue weighted by molar-refractivity contribution is 6.30. The van der Waals surface area contributed by atoms with E-state index in [9.17, 15) is 14.7 Å². The van der Waals surface area contributed by atoms with Gasteiger partial charge in [0.1, 0.15) is 22.3 Å². The maximum absolute atomic E-state index is 12.0. The number of methoxy groups -OCH3 is 1. The number of hydrogen-bond acceptors (Lipinski definition) is 5. The summed E-state index contributed by atoms with van der Waals surface area (Å²) >= 11 is 5.86. The number of nitrogens with two attached hydrogens (primary N) is 1. The van der Waals surface area contributed by atoms with E-state index in [4.69, 9.17) is 26.8 Å². The summed E-state index contributed by atoms with van der Waals surface area (Å²) in [5.41, 5.74) is 5.64. The van der Waals surface area contributed by atoms with Crippen molar-refractivity contribution in [1.82, 2.24) is 9.55 Å². The molecule has 1 unspecified atom stereocenters. The first-order valence-electron chi connectivity index (χ1n) is 7.40. The van der Waals surface area contributed by atoms with E-state index in [1.165, 1.54) is 30.0 Å². The summed E-state index contributed by atoms with van der Waals surface area (Å²) in [7, 11) is 1.52. The molecule has 8 nitrogen and oxygen atoms in total. The average molecular weight is 376 g/mol. The Bertz CT molecular complexity index is 984. The molecule has 2 aromatic heterocycles. The number of aromatic nitrogens is 2. The van der Waals surface area contributed by atoms with Gasteiger partial charge in [0.2, 0.25) is 0 Å². The van der Waals surface area contributed by atoms with Crippen molar-refractivity contribution in [3.8, 4) is 11.5 Å². The van der Waals surface area contributed by atoms with Crippen molar-refractivity contribution in [2.45, 2.75) is 6.23 Å². The topological polar surface area (TPSA) is 117 Å². The normalized spacial score (nSPS) is 11.9. The highest BCUT2D eigenvalue weighted by Crippen LogP contribution is 2.28. The number of carboxylic acid groups (broad SMARTS) is 1. The summed E-state index contributed by atoms with van der Waals surface area (Å²) in [4.78, 5) is 27.6. The fourth-order valence-corrected chi connectivity index (χ4v) is 2.71. The number of carbonyl (C=O) groups excluding carboxylic acids is 1. The number of aromatic carboxylic acids is 1. The zero-order valence-corrected chi connectivity index (χ0v) is 14.3. The monoisotopic (exact) mass is 375 g/mol. The Hall–Kier alpha value is -3.26. The lowest BCUT2D eigenvalue weighted by atomic mass is 10.3. The van der Waals surface area contributed by atoms with Crippen molar-refractivity contribution in [1.29, 1.82) is 0 Å². The van der Waals surface area contributed by atoms with Gasteiger partial charge in [-0.1, -0.05) is 11.6 Å². The molecule has 0 spiro atoms. The zero-order valence-electron chi connectivity index (χ0n) is 13.5. The Kier molecular flexibility index (Phi) is 4.68. The van der Waals surface area contributed by atoms with Gasteiger partial charge in [-0.3, -0.25) is 9.36 Å². The largest absolute Gasteiger partial charge is 0.497 e. The van der Waals surface area contributed by atoms with Crippen LogP contribution in [0.4, 0.5) is 0 Å². The van der Waals surface area contributed by atoms with E-state index in [1.54, 1.807) is 24.3 Å². The molecule has 3 aromatic rings. The van der Waals surface area contributed by atoms with Gasteiger partial charge in [-0.15, -0.1) is 0 Å². The molecule has 0 aliphatic heterocycles. The Morgan fingerprint density at radius 1 is 1.23 bits per heavy atom. The summed E-state index contributed by atoms with van der Waals surface area (Å²) < 4.78 is 11.9. The molecule has 0 radical (unpaired) electrons. The van der Waals surface area contributed by atoms with Crippen molar-refractivity contribution >= 4 is 34.4 Å². The standard InChI is InChI=1S/C17H14ClN3O5/c1-25-10-2-4-11(5-3-10)26-16(15(19)22)21-12(17(23)24)6-9-7-14(18)20-8-13(9)21/h2-8,16H,1H3,(H2,19,22)(H,23,24). The molecule has 0 bridgehead atoms. The molecular weight excluding hydrogens is 362 g/mol. The molecule has 0 aliphatic carbocycles. The predicted octanol–water partition coefficient (Wildman–Crippen LogP) is 2.46. The molecule has 1 atom stereocenters. The van der Waals surface area contributed by atoms with Crippen LogP contribution in [0.2, 0.25) is 5.15 Å². The number of nitrogens with zero attached hydrogens (tertiary/aromatic N) is 2. The van der Waals surface area contributed by atoms with Crippen molar-refractivity contribution in [3.05, 3.63) is 53.4 Å². The smallest absolute Gasteiger partial charge is 0.352 e. The van der Waals surface area contributed by atoms with E-state index < -0.39 is 18.1 Å². The van der Waals surface area contributed by atoms with E-state index in [0.29, 0.717) is 22.4 Å². The maximum Gasteiger partial charge on any atom is 0.352 e. The number of benzene rings is 1. The van der Waals surface area contributed by atoms with E-state index in [0.717, 1.165) is 0 Å². The Balaban J connectivity index is 2.10. The summed E-state index contributed by atoms with van der Waals surface area (Å²) in [6.07, 6.45) is -0.0350. The molecule has 0 saturated heterocycles. The molecule has 3 N–H and O–H groups in total. The van der Waals surface area contributed by atoms with Crippen LogP contribution in [0, 0.1) is 0 Å². The van der Waals surface area contributed by atoms with Gasteiger partial charge >= 0.3 is 5.97 Å². The predicted molar refractivity (Wildman–Crippen MR) is 93.6 cm³/mol. The van der Waals surface area contributed by atoms with Gasteiger partial charge in [-0.05, 0) is 36.4 Å². The van der Waals surface area contributed by atoms with Gasteiger partial charge in [-0.25, -0.2) is 9.78 Å². The second-order valence-electron chi connectivity index (χ2n) is 5.32. The van der Waals surface area contributed by atoms with Crippen molar-refractivity contribution in [2.75, 3.05) is 7.11 Å². The van der Waals surface area contributed by atoms with Gasteiger partial charge in [0.15, 0.2) is 0 Å². The van der Waals surface area contributed by atoms with E-state index >= 15 is 0 Å². The first-order chi connectivity index (χ1) is 12.4. The van der Waals surface area contributed by atoms with Gasteiger partial charge in [-0.2, -0.15) is 0 Å². The van der Waals surface area contributed by atoms with Crippen LogP contribution in [0.1, 0.15) is 16.7 Å². The minimum atomic E-state index is -1.39. The molecular formula is C17H14ClN3O5. The molecule has 134 valence electrons. The highest BCUT2D eigenvalue weighted by atomic mass is 35.5. The second kappa shape index (κ2) is 6.93. The number of hydrogen-bond donors (Lipinski definition) is 2. The maximum atomic E-state index is 12.0. The fraction of sp³-hybridized carbons (Fsp3) is 0.118. The first kappa shape index (κ1) is 17.6. The van der Waals surface area contributed by atoms with Gasteiger partial charge in [0, 0.05) is 5.39 Å². The number of fused-ring (bicyclic) bond motifs is 1. The van der Waals surface area contributed by atoms with Crippen LogP contribution in [-0.2, 0) is 4.79 Å². The highest BCUT2D eigenvalue weighted by Gasteiger charge is 2.27. The Morgan fingerprint density at radius 3 is 2.46 bits per heavy atom. The van der Waals surface area contributed by atoms with E-state index in [-0.39, 0.29) is 10.8 Å². The van der Waals surface area contributed by atoms with Crippen LogP contribution < -0.4 is 15.2 Å². The van der Waals surface area contributed by atoms with Crippen LogP contribution >= 0.6 is 11.6 Å². The number of primary amides is 1. The molecule has 1 amide bonds. The van der Waals surface area contributed by atoms with E-state index in [2.05, 4.69) is 4.98 Å². The number of ether oxygens (including phenoxy) is 2. The van der Waals surface area contributed by atoms with Crippen LogP contribution in [-0.4, -0.2) is 33.6 Å². The number of rotatable bonds is 6. The van der Waals surface area contributed by atoms with Gasteiger partial charge < -0.3 is 20.3 Å². The molecule has 0 saturated carbocycles. The summed E-state index contributed by atoms with van der Waals surface area (Å²) in [6, 6.07) is 9.30. The molecule has 26 heavy (non-hydrogen) atoms. The van der Waals surface area contributed by atoms with Gasteiger partial charge in [0.25, 0.3) is 12.1 Å². The summed E-state index contributed by atoms with van der Waals surface area (Å²) in [5, 5.41) is 10.2. The van der Waals surface area contributed by atoms with Crippen LogP contribution in [0.15, 0.2) is 42.6 Å². The fourth-order valence-electron chi connectivity index (χ4n) is 2.54. The quantitative estimate of drug-likeness (QED) is 0.639. The SMILES string of the molecule is COc1ccc(OC(C(N)=O)n2c(C(=O)O)cc3cc(Cl)ncc32)cc1. The summed E-state index contributed by atoms with van der Waals surface area (Å²) in [6.45, 7) is 0. The third-order valence-corrected chi connectivity index (χ3v) is 3.90. The molecule has 9 heteroatoms. The van der Waals surface area contributed by atoms with Crippen LogP contribution in [0.3, 0.4) is 0 Å². The molecule has 0 fully saturated rings. The minimum Gasteiger partial charge on any atom is -0.497 e. The molecule has 3 rings (SSSR count). The van der Waals surface area contributed by atoms with Crippen molar-refractivity contribution < 1.29 is 24.2 Å². The first-order valence-corrected chi connectivity index (χ1v) is 7.78. The summed E-state index contributed by atoms with van der Waals surface area (Å²) in [5.74, 6) is -1.20. The van der Waals surface area contributed by atoms with E-state index in [1.807, 2.05) is 0 Å². The molecule has 1 aromatic carbocycles. The number of pyridine rings is 1. The lowest BCUT2D eigenvalue weighted by Gasteiger charge is -2.20. The van der Waals surface area contributed by atoms with Crippen molar-refractivity contribution in [2.24, 2.45) is 5.73 Å². The second-order valence-corrected chi connectivity index (χ2v) is 5.71. The average Bonchev–Trinajstić information content (AvgIpc) is 2.98. The number of amides is 1. The lowest BCUT2D eigenvalue weighted by molar-refractivity contribution is -0.128. The lowest BCUT2D eigenvalue weighted by Crippen LogP contribution is -2.32. The molecule has 2 heterocycles. The minimum absolute atomic E-state index is 0.179. The van der Waals surface area contributed by atoms with Crippen LogP contribution in [0.25, 0.3) is 10.9 Å². The number of carbonyl (C=O) groups is 2. The number of halogens is 1. The van der Waals surface area contributed by atoms with Crippen molar-refractivity contribution in [3.63, 3.8) is 0 Å². The Morgan fingerprint density at radius 2 is 1.88 bits per heavy atom. The molecule has 0 aliphatic rings. The Labute approximate surface area is 152 Å². The van der Waals surface area contributed by atoms with Gasteiger partial charge in [0.05, 0.1) is 18.8 Å². The number of carboxylic acids is 1.